The van der Waals surface area contributed by atoms with Gasteiger partial charge in [0.2, 0.25) is 5.91 Å². The van der Waals surface area contributed by atoms with Crippen LogP contribution >= 0.6 is 0 Å². The minimum absolute atomic E-state index is 0.00814. The van der Waals surface area contributed by atoms with Crippen LogP contribution in [0.2, 0.25) is 0 Å². The maximum atomic E-state index is 12.9. The molecule has 17 nitrogen and oxygen atoms in total. The number of hydrogen-bond donors (Lipinski definition) is 6. The first-order valence-corrected chi connectivity index (χ1v) is 22.3. The van der Waals surface area contributed by atoms with E-state index in [4.69, 9.17) is 14.2 Å². The van der Waals surface area contributed by atoms with Gasteiger partial charge in [0.15, 0.2) is 12.9 Å². The van der Waals surface area contributed by atoms with Gasteiger partial charge in [0.05, 0.1) is 12.7 Å². The number of carbonyl (C=O) groups excluding carboxylic acids is 4. The highest BCUT2D eigenvalue weighted by atomic mass is 16.7. The lowest BCUT2D eigenvalue weighted by molar-refractivity contribution is -0.313. The van der Waals surface area contributed by atoms with Crippen LogP contribution in [0.4, 0.5) is 21.0 Å². The molecule has 62 heavy (non-hydrogen) atoms. The van der Waals surface area contributed by atoms with Gasteiger partial charge in [-0.2, -0.15) is 0 Å². The van der Waals surface area contributed by atoms with Crippen molar-refractivity contribution in [3.63, 3.8) is 0 Å². The molecule has 5 atom stereocenters. The monoisotopic (exact) mass is 866 g/mol. The minimum atomic E-state index is -1.46. The van der Waals surface area contributed by atoms with Gasteiger partial charge in [-0.05, 0) is 81.5 Å². The molecule has 0 aromatic heterocycles. The molecule has 5 amide bonds. The maximum Gasteiger partial charge on any atom is 0.410 e. The Bertz CT molecular complexity index is 1810. The SMILES string of the molecule is CCCc1cc(C)ccc1NC(C)=O.O=C(COC(=O)N1CCC(N2CCc3ccccc3NC2=O)CC1)N1CCC(N2CCC(O[C@H]3OC(CO)[C@@H](O)C(O)C3O)CC2)CC1. The number of nitrogens with one attached hydrogen (secondary N) is 2. The van der Waals surface area contributed by atoms with Crippen molar-refractivity contribution in [1.82, 2.24) is 19.6 Å². The normalized spacial score (nSPS) is 25.5. The van der Waals surface area contributed by atoms with Crippen LogP contribution < -0.4 is 10.6 Å². The first-order valence-electron chi connectivity index (χ1n) is 22.3. The van der Waals surface area contributed by atoms with Gasteiger partial charge in [0, 0.05) is 76.2 Å². The van der Waals surface area contributed by atoms with E-state index in [0.29, 0.717) is 64.4 Å². The molecule has 5 heterocycles. The number of aliphatic hydroxyl groups excluding tert-OH is 4. The molecule has 342 valence electrons. The zero-order valence-corrected chi connectivity index (χ0v) is 36.3. The first-order chi connectivity index (χ1) is 29.8. The van der Waals surface area contributed by atoms with Crippen LogP contribution in [-0.4, -0.2) is 172 Å². The molecule has 4 fully saturated rings. The van der Waals surface area contributed by atoms with Crippen LogP contribution in [0.5, 0.6) is 0 Å². The molecule has 0 radical (unpaired) electrons. The van der Waals surface area contributed by atoms with Gasteiger partial charge in [-0.15, -0.1) is 0 Å². The molecule has 0 spiro atoms. The minimum Gasteiger partial charge on any atom is -0.439 e. The average molecular weight is 867 g/mol. The Labute approximate surface area is 364 Å². The molecule has 6 N–H and O–H groups in total. The van der Waals surface area contributed by atoms with E-state index in [9.17, 15) is 39.6 Å². The Morgan fingerprint density at radius 3 is 2.21 bits per heavy atom. The van der Waals surface area contributed by atoms with Gasteiger partial charge < -0.3 is 64.9 Å². The third kappa shape index (κ3) is 12.2. The number of nitrogens with zero attached hydrogens (tertiary/aromatic N) is 4. The van der Waals surface area contributed by atoms with E-state index in [1.54, 1.807) is 9.80 Å². The Balaban J connectivity index is 0.000000390. The van der Waals surface area contributed by atoms with E-state index in [1.807, 2.05) is 41.3 Å². The van der Waals surface area contributed by atoms with E-state index in [1.165, 1.54) is 18.1 Å². The van der Waals surface area contributed by atoms with Crippen molar-refractivity contribution < 1.29 is 53.8 Å². The van der Waals surface area contributed by atoms with Crippen LogP contribution in [0.3, 0.4) is 0 Å². The van der Waals surface area contributed by atoms with E-state index in [-0.39, 0.29) is 36.6 Å². The Kier molecular flexibility index (Phi) is 17.0. The molecule has 0 bridgehead atoms. The third-order valence-electron chi connectivity index (χ3n) is 12.7. The molecule has 2 aromatic rings. The molecule has 5 aliphatic rings. The van der Waals surface area contributed by atoms with Crippen molar-refractivity contribution in [2.45, 2.75) is 127 Å². The molecular weight excluding hydrogens is 801 g/mol. The van der Waals surface area contributed by atoms with Crippen LogP contribution in [0.1, 0.15) is 75.5 Å². The zero-order valence-electron chi connectivity index (χ0n) is 36.3. The number of rotatable bonds is 10. The molecular formula is C45H66N6O11. The smallest absolute Gasteiger partial charge is 0.410 e. The number of likely N-dealkylation sites (tertiary alicyclic amines) is 3. The number of aliphatic hydroxyl groups is 4. The van der Waals surface area contributed by atoms with Crippen molar-refractivity contribution in [2.75, 3.05) is 69.7 Å². The molecule has 2 aromatic carbocycles. The van der Waals surface area contributed by atoms with E-state index < -0.39 is 43.4 Å². The summed E-state index contributed by atoms with van der Waals surface area (Å²) in [6, 6.07) is 14.2. The third-order valence-corrected chi connectivity index (χ3v) is 12.7. The molecule has 0 aliphatic carbocycles. The number of benzene rings is 2. The highest BCUT2D eigenvalue weighted by molar-refractivity contribution is 5.91. The number of para-hydroxylation sites is 1. The number of aryl methyl sites for hydroxylation is 2. The summed E-state index contributed by atoms with van der Waals surface area (Å²) in [5.74, 6) is -0.213. The summed E-state index contributed by atoms with van der Waals surface area (Å²) in [7, 11) is 0. The predicted molar refractivity (Wildman–Crippen MR) is 230 cm³/mol. The number of urea groups is 1. The number of piperidine rings is 3. The number of anilines is 2. The fourth-order valence-corrected chi connectivity index (χ4v) is 9.14. The van der Waals surface area contributed by atoms with Crippen molar-refractivity contribution in [3.8, 4) is 0 Å². The van der Waals surface area contributed by atoms with Gasteiger partial charge in [0.1, 0.15) is 24.4 Å². The van der Waals surface area contributed by atoms with Crippen molar-refractivity contribution in [2.24, 2.45) is 0 Å². The highest BCUT2D eigenvalue weighted by Gasteiger charge is 2.45. The van der Waals surface area contributed by atoms with Crippen LogP contribution in [0.15, 0.2) is 42.5 Å². The van der Waals surface area contributed by atoms with Gasteiger partial charge in [-0.3, -0.25) is 9.59 Å². The predicted octanol–water partition coefficient (Wildman–Crippen LogP) is 2.86. The van der Waals surface area contributed by atoms with E-state index >= 15 is 0 Å². The second-order valence-electron chi connectivity index (χ2n) is 17.1. The summed E-state index contributed by atoms with van der Waals surface area (Å²) in [6.07, 6.45) is 0.0721. The van der Waals surface area contributed by atoms with Gasteiger partial charge in [-0.25, -0.2) is 9.59 Å². The summed E-state index contributed by atoms with van der Waals surface area (Å²) in [4.78, 5) is 57.1. The molecule has 4 saturated heterocycles. The summed E-state index contributed by atoms with van der Waals surface area (Å²) >= 11 is 0. The number of hydrogen-bond acceptors (Lipinski definition) is 12. The van der Waals surface area contributed by atoms with E-state index in [2.05, 4.69) is 35.4 Å². The lowest BCUT2D eigenvalue weighted by Crippen LogP contribution is -2.60. The molecule has 0 saturated carbocycles. The quantitative estimate of drug-likeness (QED) is 0.204. The van der Waals surface area contributed by atoms with Gasteiger partial charge in [0.25, 0.3) is 5.91 Å². The second-order valence-corrected chi connectivity index (χ2v) is 17.1. The summed E-state index contributed by atoms with van der Waals surface area (Å²) < 4.78 is 16.8. The van der Waals surface area contributed by atoms with Crippen LogP contribution in [0.25, 0.3) is 0 Å². The summed E-state index contributed by atoms with van der Waals surface area (Å²) in [5, 5.41) is 45.6. The fourth-order valence-electron chi connectivity index (χ4n) is 9.14. The highest BCUT2D eigenvalue weighted by Crippen LogP contribution is 2.29. The molecule has 5 aliphatic heterocycles. The first kappa shape index (κ1) is 47.1. The van der Waals surface area contributed by atoms with Gasteiger partial charge in [-0.1, -0.05) is 49.2 Å². The largest absolute Gasteiger partial charge is 0.439 e. The standard InChI is InChI=1S/C33H49N5O10.C12H17NO/c39-19-26-28(41)29(42)30(43)31(48-26)47-24-10-16-35(17-11-24)22-6-12-36(13-7-22)27(40)20-46-33(45)37-14-8-23(9-15-37)38-18-5-21-3-1-2-4-25(21)34-32(38)44;1-4-5-11-8-9(2)6-7-12(11)13-10(3)14/h1-4,22-24,26,28-31,39,41-43H,5-20H2,(H,34,44);6-8H,4-5H2,1-3H3,(H,13,14)/t26?,28-,29?,30?,31+;/m1./s1. The molecule has 3 unspecified atom stereocenters. The average Bonchev–Trinajstić information content (AvgIpc) is 3.45. The van der Waals surface area contributed by atoms with Crippen LogP contribution in [0, 0.1) is 6.92 Å². The lowest BCUT2D eigenvalue weighted by atomic mass is 9.97. The summed E-state index contributed by atoms with van der Waals surface area (Å²) in [6.45, 7) is 9.20. The number of amides is 5. The van der Waals surface area contributed by atoms with Crippen LogP contribution in [-0.2, 0) is 36.6 Å². The van der Waals surface area contributed by atoms with Gasteiger partial charge >= 0.3 is 12.1 Å². The van der Waals surface area contributed by atoms with Crippen molar-refractivity contribution in [1.29, 1.82) is 0 Å². The molecule has 7 rings (SSSR count). The zero-order chi connectivity index (χ0) is 44.3. The van der Waals surface area contributed by atoms with Crippen molar-refractivity contribution >= 4 is 35.3 Å². The fraction of sp³-hybridized carbons (Fsp3) is 0.644. The number of fused-ring (bicyclic) bond motifs is 1. The number of ether oxygens (including phenoxy) is 3. The van der Waals surface area contributed by atoms with E-state index in [0.717, 1.165) is 62.1 Å². The Morgan fingerprint density at radius 1 is 0.855 bits per heavy atom. The molecule has 17 heteroatoms. The summed E-state index contributed by atoms with van der Waals surface area (Å²) in [5.41, 5.74) is 5.38. The maximum absolute atomic E-state index is 12.9. The lowest BCUT2D eigenvalue weighted by Gasteiger charge is -2.44. The van der Waals surface area contributed by atoms with Crippen molar-refractivity contribution in [3.05, 3.63) is 59.2 Å². The Morgan fingerprint density at radius 2 is 1.53 bits per heavy atom. The number of carbonyl (C=O) groups is 4. The Hall–Kier alpha value is -4.36. The second kappa shape index (κ2) is 22.3. The topological polar surface area (TPSA) is 214 Å².